The maximum Gasteiger partial charge on any atom is 0.511 e. The van der Waals surface area contributed by atoms with Crippen molar-refractivity contribution in [3.63, 3.8) is 0 Å². The van der Waals surface area contributed by atoms with Crippen LogP contribution >= 0.6 is 35.6 Å². The fraction of sp³-hybridized carbons (Fsp3) is 0.464. The zero-order chi connectivity index (χ0) is 57.4. The number of halogens is 3. The van der Waals surface area contributed by atoms with Crippen molar-refractivity contribution >= 4 is 71.7 Å². The third kappa shape index (κ3) is 29.1. The molecule has 4 atom stereocenters. The lowest BCUT2D eigenvalue weighted by molar-refractivity contribution is -0.184. The summed E-state index contributed by atoms with van der Waals surface area (Å²) in [6.07, 6.45) is -3.94. The second kappa shape index (κ2) is 38.3. The van der Waals surface area contributed by atoms with Crippen LogP contribution in [0, 0.1) is 0 Å². The van der Waals surface area contributed by atoms with Gasteiger partial charge in [0.15, 0.2) is 11.2 Å². The Bertz CT molecular complexity index is 2370. The Labute approximate surface area is 475 Å². The highest BCUT2D eigenvalue weighted by Gasteiger charge is 2.35. The highest BCUT2D eigenvalue weighted by Crippen LogP contribution is 2.23. The van der Waals surface area contributed by atoms with Crippen LogP contribution in [0.15, 0.2) is 97.1 Å². The number of amides is 2. The number of esters is 2. The van der Waals surface area contributed by atoms with E-state index in [1.807, 2.05) is 24.3 Å². The van der Waals surface area contributed by atoms with E-state index in [0.717, 1.165) is 11.1 Å². The van der Waals surface area contributed by atoms with E-state index < -0.39 is 60.2 Å². The molecule has 0 radical (unpaired) electrons. The highest BCUT2D eigenvalue weighted by atomic mass is 35.5. The van der Waals surface area contributed by atoms with Crippen LogP contribution in [0.5, 0.6) is 11.5 Å². The molecular weight excluding hydrogens is 1060 g/mol. The number of likely N-dealkylation sites (N-methyl/N-ethyl adjacent to an activating group) is 1. The van der Waals surface area contributed by atoms with Gasteiger partial charge in [0.05, 0.1) is 0 Å². The van der Waals surface area contributed by atoms with Crippen molar-refractivity contribution in [1.29, 1.82) is 0 Å². The van der Waals surface area contributed by atoms with E-state index >= 15 is 0 Å². The van der Waals surface area contributed by atoms with Crippen LogP contribution in [0.3, 0.4) is 0 Å². The number of ether oxygens (including phenoxy) is 8. The van der Waals surface area contributed by atoms with E-state index in [1.165, 1.54) is 35.1 Å². The van der Waals surface area contributed by atoms with Crippen molar-refractivity contribution in [3.05, 3.63) is 129 Å². The molecule has 0 heterocycles. The third-order valence-electron chi connectivity index (χ3n) is 9.68. The largest absolute Gasteiger partial charge is 0.511 e. The molecule has 4 aromatic carbocycles. The molecule has 0 aromatic heterocycles. The van der Waals surface area contributed by atoms with Crippen molar-refractivity contribution in [3.8, 4) is 11.5 Å². The van der Waals surface area contributed by atoms with E-state index in [0.29, 0.717) is 72.0 Å². The molecule has 4 rings (SSSR count). The second-order valence-electron chi connectivity index (χ2n) is 16.9. The number of carbonyl (C=O) groups excluding carboxylic acids is 6. The van der Waals surface area contributed by atoms with Gasteiger partial charge in [0, 0.05) is 63.9 Å². The van der Waals surface area contributed by atoms with E-state index in [-0.39, 0.29) is 45.6 Å². The molecule has 18 nitrogen and oxygen atoms in total. The molecule has 77 heavy (non-hydrogen) atoms. The molecule has 0 aliphatic heterocycles. The van der Waals surface area contributed by atoms with Crippen molar-refractivity contribution < 1.29 is 69.4 Å². The van der Waals surface area contributed by atoms with E-state index in [1.54, 1.807) is 114 Å². The maximum absolute atomic E-state index is 12.6. The van der Waals surface area contributed by atoms with Gasteiger partial charge >= 0.3 is 24.2 Å². The number of hydrogen-bond donors (Lipinski definition) is 4. The van der Waals surface area contributed by atoms with Gasteiger partial charge in [-0.25, -0.2) is 19.2 Å². The molecule has 0 bridgehead atoms. The molecule has 0 spiro atoms. The minimum atomic E-state index is -1.35. The third-order valence-corrected chi connectivity index (χ3v) is 10.2. The van der Waals surface area contributed by atoms with Gasteiger partial charge < -0.3 is 59.6 Å². The quantitative estimate of drug-likeness (QED) is 0.0307. The van der Waals surface area contributed by atoms with Gasteiger partial charge in [-0.3, -0.25) is 9.59 Å². The molecule has 2 amide bonds. The summed E-state index contributed by atoms with van der Waals surface area (Å²) >= 11 is 11.7. The fourth-order valence-corrected chi connectivity index (χ4v) is 6.09. The Morgan fingerprint density at radius 2 is 0.909 bits per heavy atom. The van der Waals surface area contributed by atoms with Crippen LogP contribution in [-0.2, 0) is 50.9 Å². The van der Waals surface area contributed by atoms with Crippen LogP contribution < -0.4 is 31.2 Å². The molecule has 21 heteroatoms. The summed E-state index contributed by atoms with van der Waals surface area (Å²) in [6.45, 7) is 16.1. The van der Waals surface area contributed by atoms with Crippen LogP contribution in [-0.4, -0.2) is 105 Å². The Morgan fingerprint density at radius 1 is 0.584 bits per heavy atom. The summed E-state index contributed by atoms with van der Waals surface area (Å²) < 4.78 is 53.6. The first-order valence-corrected chi connectivity index (χ1v) is 24.1. The molecular formula is C56H83Cl3N4O14. The van der Waals surface area contributed by atoms with Gasteiger partial charge in [-0.15, -0.1) is 12.4 Å². The van der Waals surface area contributed by atoms with Gasteiger partial charge in [-0.1, -0.05) is 83.5 Å². The summed E-state index contributed by atoms with van der Waals surface area (Å²) in [6, 6.07) is 27.6. The predicted molar refractivity (Wildman–Crippen MR) is 304 cm³/mol. The first-order chi connectivity index (χ1) is 35.9. The number of rotatable bonds is 23. The standard InChI is InChI=1S/C26H33ClN2O7.C25H31ClN2O7.C2H6.3CH4.ClH/c1-17(16-28-5)33-25(32)35-18(2)34-24(31)26(3,4)36-22-12-6-19(7-13-22)14-15-29-23(30)20-8-10-21(27)11-9-20;1-16(15-27)32-24(31)34-17(2)33-23(30)25(3,4)35-21-11-5-18(6-12-21)13-14-28-22(29)19-7-9-20(26)10-8-19;1-2;;;;/h6-13,17-18,28H,14-16H2,1-5H3,(H,29,30);5-12,16-17H,13-15,27H2,1-4H3,(H,28,29);1-2H3;3*1H4;1H/i;;1D;1T;;;. The van der Waals surface area contributed by atoms with Crippen molar-refractivity contribution in [2.45, 2.75) is 140 Å². The first-order valence-electron chi connectivity index (χ1n) is 25.1. The van der Waals surface area contributed by atoms with Crippen LogP contribution in [0.4, 0.5) is 9.59 Å². The Morgan fingerprint density at radius 3 is 1.22 bits per heavy atom. The fourth-order valence-electron chi connectivity index (χ4n) is 5.83. The molecule has 4 unspecified atom stereocenters. The zero-order valence-corrected chi connectivity index (χ0v) is 46.8. The molecule has 0 aliphatic carbocycles. The van der Waals surface area contributed by atoms with Gasteiger partial charge in [0.25, 0.3) is 11.8 Å². The lowest BCUT2D eigenvalue weighted by atomic mass is 10.1. The second-order valence-corrected chi connectivity index (χ2v) is 17.7. The lowest BCUT2D eigenvalue weighted by Crippen LogP contribution is -2.42. The molecule has 432 valence electrons. The first kappa shape index (κ1) is 70.7. The van der Waals surface area contributed by atoms with Gasteiger partial charge in [-0.2, -0.15) is 0 Å². The van der Waals surface area contributed by atoms with E-state index in [4.69, 9.17) is 69.6 Å². The van der Waals surface area contributed by atoms with Crippen molar-refractivity contribution in [1.82, 2.24) is 16.0 Å². The molecule has 0 fully saturated rings. The zero-order valence-electron chi connectivity index (χ0n) is 46.5. The minimum Gasteiger partial charge on any atom is -0.476 e. The summed E-state index contributed by atoms with van der Waals surface area (Å²) in [7, 11) is 2.98. The van der Waals surface area contributed by atoms with E-state index in [9.17, 15) is 28.8 Å². The van der Waals surface area contributed by atoms with Crippen LogP contribution in [0.1, 0.15) is 126 Å². The Balaban J connectivity index is -0.00000131. The van der Waals surface area contributed by atoms with Crippen molar-refractivity contribution in [2.75, 3.05) is 33.2 Å². The summed E-state index contributed by atoms with van der Waals surface area (Å²) in [5.41, 5.74) is 5.72. The SMILES string of the molecule is C.C.CC(CN)OC(=O)OC(C)OC(=O)C(C)(C)Oc1ccc(CCNC(=O)c2ccc(Cl)cc2)cc1.CNCC(C)OC(=O)OC(C)OC(=O)C(C)(C)Oc1ccc(CCNC(=O)c2ccc(Cl)cc2)cc1.Cl.[2H]CC.[3H]C. The average molecular weight is 1150 g/mol. The number of benzene rings is 4. The van der Waals surface area contributed by atoms with Crippen LogP contribution in [0.25, 0.3) is 0 Å². The number of hydrogen-bond acceptors (Lipinski definition) is 16. The molecule has 0 aliphatic rings. The highest BCUT2D eigenvalue weighted by molar-refractivity contribution is 6.31. The summed E-state index contributed by atoms with van der Waals surface area (Å²) in [4.78, 5) is 72.8. The molecule has 4 aromatic rings. The Kier molecular flexibility index (Phi) is 35.1. The number of carbonyl (C=O) groups is 6. The topological polar surface area (TPSA) is 238 Å². The molecule has 0 saturated carbocycles. The maximum atomic E-state index is 12.6. The number of nitrogens with one attached hydrogen (secondary N) is 3. The number of nitrogens with two attached hydrogens (primary N) is 1. The van der Waals surface area contributed by atoms with E-state index in [2.05, 4.69) is 16.0 Å². The van der Waals surface area contributed by atoms with Gasteiger partial charge in [-0.05, 0) is 145 Å². The van der Waals surface area contributed by atoms with Crippen LogP contribution in [0.2, 0.25) is 10.0 Å². The summed E-state index contributed by atoms with van der Waals surface area (Å²) in [5, 5.41) is 9.73. The molecule has 0 saturated heterocycles. The lowest BCUT2D eigenvalue weighted by Gasteiger charge is -2.26. The monoisotopic (exact) mass is 1140 g/mol. The summed E-state index contributed by atoms with van der Waals surface area (Å²) in [5.74, 6) is -0.878. The minimum absolute atomic E-state index is 0. The predicted octanol–water partition coefficient (Wildman–Crippen LogP) is 11.3. The van der Waals surface area contributed by atoms with Gasteiger partial charge in [0.1, 0.15) is 23.7 Å². The van der Waals surface area contributed by atoms with Crippen molar-refractivity contribution in [2.24, 2.45) is 5.73 Å². The normalized spacial score (nSPS) is 12.1. The Hall–Kier alpha value is -6.31. The van der Waals surface area contributed by atoms with Gasteiger partial charge in [0.2, 0.25) is 12.6 Å². The smallest absolute Gasteiger partial charge is 0.476 e. The molecule has 5 N–H and O–H groups in total. The average Bonchev–Trinajstić information content (AvgIpc) is 3.36.